The van der Waals surface area contributed by atoms with Crippen LogP contribution in [-0.2, 0) is 27.3 Å². The number of hydrogen-bond donors (Lipinski definition) is 0. The van der Waals surface area contributed by atoms with Crippen LogP contribution >= 0.6 is 0 Å². The first kappa shape index (κ1) is 22.4. The van der Waals surface area contributed by atoms with Gasteiger partial charge in [-0.1, -0.05) is 17.7 Å². The predicted octanol–water partition coefficient (Wildman–Crippen LogP) is 4.08. The summed E-state index contributed by atoms with van der Waals surface area (Å²) in [6.07, 6.45) is 11.1. The number of Topliss-reactive ketones (excluding diaryl/α,β-unsaturated/α-hetero) is 1. The lowest BCUT2D eigenvalue weighted by Gasteiger charge is -2.09. The number of ketones is 1. The molecule has 170 valence electrons. The Bertz CT molecular complexity index is 1160. The van der Waals surface area contributed by atoms with E-state index in [1.165, 1.54) is 0 Å². The summed E-state index contributed by atoms with van der Waals surface area (Å²) >= 11 is 0. The van der Waals surface area contributed by atoms with E-state index in [1.54, 1.807) is 25.6 Å². The largest absolute Gasteiger partial charge is 0.467 e. The van der Waals surface area contributed by atoms with E-state index in [-0.39, 0.29) is 18.2 Å². The van der Waals surface area contributed by atoms with Crippen molar-refractivity contribution in [2.24, 2.45) is 0 Å². The van der Waals surface area contributed by atoms with E-state index in [4.69, 9.17) is 9.15 Å². The molecule has 0 fully saturated rings. The second-order valence-electron chi connectivity index (χ2n) is 7.83. The number of esters is 1. The summed E-state index contributed by atoms with van der Waals surface area (Å²) in [5.74, 6) is 2.08. The average Bonchev–Trinajstić information content (AvgIpc) is 3.56. The van der Waals surface area contributed by atoms with Crippen LogP contribution < -0.4 is 0 Å². The monoisotopic (exact) mass is 446 g/mol. The van der Waals surface area contributed by atoms with Crippen LogP contribution in [0.15, 0.2) is 70.6 Å². The number of aromatic nitrogens is 4. The van der Waals surface area contributed by atoms with E-state index in [0.717, 1.165) is 28.3 Å². The molecule has 0 saturated heterocycles. The number of aryl methyl sites for hydroxylation is 1. The summed E-state index contributed by atoms with van der Waals surface area (Å²) in [7, 11) is 0. The standard InChI is InChI=1S/C25H26N4O4/c1-2-32-24(31)15-19-8-7-18(13-19)14-21(30)9-10-23-27-28-25(20-5-3-11-26-16-20)29(23)17-22-6-4-12-33-22/h3-6,8,11-13,16H,2,7,9-10,14-15,17H2,1H3. The van der Waals surface area contributed by atoms with Crippen LogP contribution in [-0.4, -0.2) is 38.1 Å². The van der Waals surface area contributed by atoms with Crippen molar-refractivity contribution in [1.29, 1.82) is 0 Å². The van der Waals surface area contributed by atoms with Crippen molar-refractivity contribution >= 4 is 11.8 Å². The van der Waals surface area contributed by atoms with Gasteiger partial charge in [0.15, 0.2) is 5.82 Å². The van der Waals surface area contributed by atoms with Crippen molar-refractivity contribution in [1.82, 2.24) is 19.7 Å². The van der Waals surface area contributed by atoms with Gasteiger partial charge in [-0.3, -0.25) is 14.6 Å². The molecule has 4 rings (SSSR count). The van der Waals surface area contributed by atoms with Gasteiger partial charge in [0.05, 0.1) is 25.8 Å². The molecule has 3 aromatic heterocycles. The molecular weight excluding hydrogens is 420 g/mol. The Morgan fingerprint density at radius 3 is 2.85 bits per heavy atom. The first-order chi connectivity index (χ1) is 16.1. The molecule has 0 aliphatic heterocycles. The van der Waals surface area contributed by atoms with E-state index >= 15 is 0 Å². The van der Waals surface area contributed by atoms with Crippen molar-refractivity contribution in [3.8, 4) is 11.4 Å². The number of rotatable bonds is 11. The molecule has 33 heavy (non-hydrogen) atoms. The number of furan rings is 1. The maximum absolute atomic E-state index is 12.7. The maximum atomic E-state index is 12.7. The van der Waals surface area contributed by atoms with Crippen LogP contribution in [0.1, 0.15) is 44.2 Å². The Kier molecular flexibility index (Phi) is 7.24. The van der Waals surface area contributed by atoms with Crippen molar-refractivity contribution in [3.63, 3.8) is 0 Å². The number of pyridine rings is 1. The molecule has 1 aliphatic rings. The van der Waals surface area contributed by atoms with Gasteiger partial charge in [-0.05, 0) is 43.2 Å². The van der Waals surface area contributed by atoms with Crippen molar-refractivity contribution in [2.75, 3.05) is 6.61 Å². The number of carbonyl (C=O) groups is 2. The van der Waals surface area contributed by atoms with Crippen LogP contribution in [0, 0.1) is 0 Å². The summed E-state index contributed by atoms with van der Waals surface area (Å²) in [5.41, 5.74) is 2.79. The first-order valence-electron chi connectivity index (χ1n) is 11.0. The lowest BCUT2D eigenvalue weighted by Crippen LogP contribution is -2.09. The minimum Gasteiger partial charge on any atom is -0.467 e. The molecule has 1 aliphatic carbocycles. The molecule has 0 aromatic carbocycles. The minimum absolute atomic E-state index is 0.127. The number of hydrogen-bond acceptors (Lipinski definition) is 7. The molecule has 0 unspecified atom stereocenters. The summed E-state index contributed by atoms with van der Waals surface area (Å²) in [6.45, 7) is 2.63. The highest BCUT2D eigenvalue weighted by molar-refractivity contribution is 5.82. The summed E-state index contributed by atoms with van der Waals surface area (Å²) < 4.78 is 12.5. The topological polar surface area (TPSA) is 100 Å². The highest BCUT2D eigenvalue weighted by Gasteiger charge is 2.18. The second-order valence-corrected chi connectivity index (χ2v) is 7.83. The fourth-order valence-corrected chi connectivity index (χ4v) is 3.81. The van der Waals surface area contributed by atoms with Crippen LogP contribution in [0.3, 0.4) is 0 Å². The zero-order valence-electron chi connectivity index (χ0n) is 18.6. The Morgan fingerprint density at radius 2 is 2.09 bits per heavy atom. The molecule has 0 atom stereocenters. The fraction of sp³-hybridized carbons (Fsp3) is 0.320. The Hall–Kier alpha value is -3.81. The lowest BCUT2D eigenvalue weighted by atomic mass is 10.0. The van der Waals surface area contributed by atoms with Gasteiger partial charge < -0.3 is 13.7 Å². The van der Waals surface area contributed by atoms with Gasteiger partial charge in [0, 0.05) is 37.2 Å². The zero-order chi connectivity index (χ0) is 23.0. The van der Waals surface area contributed by atoms with E-state index in [1.807, 2.05) is 41.0 Å². The highest BCUT2D eigenvalue weighted by atomic mass is 16.5. The number of nitrogens with zero attached hydrogens (tertiary/aromatic N) is 4. The van der Waals surface area contributed by atoms with Crippen LogP contribution in [0.4, 0.5) is 0 Å². The Balaban J connectivity index is 1.39. The van der Waals surface area contributed by atoms with E-state index in [0.29, 0.717) is 44.7 Å². The third-order valence-corrected chi connectivity index (χ3v) is 5.36. The molecule has 0 spiro atoms. The van der Waals surface area contributed by atoms with Gasteiger partial charge in [-0.15, -0.1) is 10.2 Å². The average molecular weight is 447 g/mol. The van der Waals surface area contributed by atoms with Crippen LogP contribution in [0.2, 0.25) is 0 Å². The Labute approximate surface area is 192 Å². The van der Waals surface area contributed by atoms with E-state index in [2.05, 4.69) is 15.2 Å². The maximum Gasteiger partial charge on any atom is 0.310 e. The van der Waals surface area contributed by atoms with Crippen LogP contribution in [0.5, 0.6) is 0 Å². The van der Waals surface area contributed by atoms with Gasteiger partial charge in [-0.25, -0.2) is 0 Å². The second kappa shape index (κ2) is 10.7. The molecular formula is C25H26N4O4. The molecule has 3 aromatic rings. The molecule has 0 amide bonds. The van der Waals surface area contributed by atoms with Gasteiger partial charge >= 0.3 is 5.97 Å². The predicted molar refractivity (Wildman–Crippen MR) is 121 cm³/mol. The summed E-state index contributed by atoms with van der Waals surface area (Å²) in [4.78, 5) is 28.5. The molecule has 8 nitrogen and oxygen atoms in total. The normalized spacial score (nSPS) is 13.0. The van der Waals surface area contributed by atoms with Crippen LogP contribution in [0.25, 0.3) is 11.4 Å². The van der Waals surface area contributed by atoms with Crippen molar-refractivity contribution < 1.29 is 18.7 Å². The van der Waals surface area contributed by atoms with Crippen molar-refractivity contribution in [2.45, 2.75) is 45.6 Å². The SMILES string of the molecule is CCOC(=O)CC1=CCC(CC(=O)CCc2nnc(-c3cccnc3)n2Cc2ccco2)=C1. The third-order valence-electron chi connectivity index (χ3n) is 5.36. The molecule has 0 saturated carbocycles. The van der Waals surface area contributed by atoms with E-state index in [9.17, 15) is 9.59 Å². The molecule has 0 N–H and O–H groups in total. The molecule has 3 heterocycles. The van der Waals surface area contributed by atoms with Gasteiger partial charge in [-0.2, -0.15) is 0 Å². The van der Waals surface area contributed by atoms with Gasteiger partial charge in [0.1, 0.15) is 17.4 Å². The lowest BCUT2D eigenvalue weighted by molar-refractivity contribution is -0.142. The van der Waals surface area contributed by atoms with Crippen molar-refractivity contribution in [3.05, 3.63) is 77.8 Å². The summed E-state index contributed by atoms with van der Waals surface area (Å²) in [5, 5.41) is 8.71. The highest BCUT2D eigenvalue weighted by Crippen LogP contribution is 2.24. The van der Waals surface area contributed by atoms with Gasteiger partial charge in [0.2, 0.25) is 0 Å². The molecule has 8 heteroatoms. The number of ether oxygens (including phenoxy) is 1. The number of carbonyl (C=O) groups excluding carboxylic acids is 2. The summed E-state index contributed by atoms with van der Waals surface area (Å²) in [6, 6.07) is 7.52. The zero-order valence-corrected chi connectivity index (χ0v) is 18.6. The third kappa shape index (κ3) is 5.91. The molecule has 0 radical (unpaired) electrons. The smallest absolute Gasteiger partial charge is 0.310 e. The molecule has 0 bridgehead atoms. The van der Waals surface area contributed by atoms with E-state index < -0.39 is 0 Å². The number of allylic oxidation sites excluding steroid dienone is 3. The fourth-order valence-electron chi connectivity index (χ4n) is 3.81. The minimum atomic E-state index is -0.243. The quantitative estimate of drug-likeness (QED) is 0.409. The first-order valence-corrected chi connectivity index (χ1v) is 11.0. The van der Waals surface area contributed by atoms with Gasteiger partial charge in [0.25, 0.3) is 0 Å². The Morgan fingerprint density at radius 1 is 1.18 bits per heavy atom.